The molecule has 1 aromatic heterocycles. The number of phenols is 1. The second-order valence-electron chi connectivity index (χ2n) is 4.62. The van der Waals surface area contributed by atoms with E-state index in [1.165, 1.54) is 17.5 Å². The molecule has 0 saturated heterocycles. The topological polar surface area (TPSA) is 74.9 Å². The van der Waals surface area contributed by atoms with Gasteiger partial charge in [-0.3, -0.25) is 5.10 Å². The zero-order valence-corrected chi connectivity index (χ0v) is 11.4. The van der Waals surface area contributed by atoms with Crippen LogP contribution in [0, 0.1) is 0 Å². The molecule has 0 amide bonds. The van der Waals surface area contributed by atoms with Gasteiger partial charge in [0.1, 0.15) is 11.6 Å². The van der Waals surface area contributed by atoms with Gasteiger partial charge in [0.15, 0.2) is 0 Å². The lowest BCUT2D eigenvalue weighted by Gasteiger charge is -2.21. The Morgan fingerprint density at radius 1 is 1.33 bits per heavy atom. The molecule has 94 valence electrons. The lowest BCUT2D eigenvalue weighted by Crippen LogP contribution is -2.05. The van der Waals surface area contributed by atoms with Crippen molar-refractivity contribution in [2.75, 3.05) is 5.73 Å². The number of hydrogen-bond donors (Lipinski definition) is 3. The van der Waals surface area contributed by atoms with Gasteiger partial charge in [0.05, 0.1) is 10.7 Å². The minimum atomic E-state index is 0.253. The number of nitrogens with zero attached hydrogens (tertiary/aromatic N) is 1. The van der Waals surface area contributed by atoms with Crippen molar-refractivity contribution in [3.63, 3.8) is 0 Å². The molecule has 5 heteroatoms. The molecule has 1 heterocycles. The van der Waals surface area contributed by atoms with Gasteiger partial charge in [-0.1, -0.05) is 0 Å². The summed E-state index contributed by atoms with van der Waals surface area (Å²) in [7, 11) is 0. The smallest absolute Gasteiger partial charge is 0.138 e. The van der Waals surface area contributed by atoms with Crippen LogP contribution in [0.1, 0.15) is 24.0 Å². The highest BCUT2D eigenvalue weighted by Crippen LogP contribution is 2.43. The number of nitrogens with one attached hydrogen (secondary N) is 1. The molecule has 18 heavy (non-hydrogen) atoms. The number of nitrogens with two attached hydrogens (primary N) is 1. The predicted octanol–water partition coefficient (Wildman–Crippen LogP) is 3.01. The Morgan fingerprint density at radius 3 is 2.83 bits per heavy atom. The number of phenolic OH excluding ortho intramolecular Hbond substituents is 1. The number of halogens is 1. The van der Waals surface area contributed by atoms with Crippen molar-refractivity contribution < 1.29 is 5.11 Å². The van der Waals surface area contributed by atoms with Crippen molar-refractivity contribution in [1.82, 2.24) is 10.2 Å². The van der Waals surface area contributed by atoms with Crippen molar-refractivity contribution in [3.8, 4) is 16.9 Å². The minimum Gasteiger partial charge on any atom is -0.506 e. The molecule has 0 aliphatic heterocycles. The van der Waals surface area contributed by atoms with Crippen LogP contribution in [0.2, 0.25) is 0 Å². The normalized spacial score (nSPS) is 14.5. The van der Waals surface area contributed by atoms with Gasteiger partial charge in [-0.05, 0) is 58.8 Å². The maximum absolute atomic E-state index is 10.3. The summed E-state index contributed by atoms with van der Waals surface area (Å²) in [5.41, 5.74) is 9.99. The SMILES string of the molecule is Nc1[nH]ncc1-c1c(O)c(Br)cc2c1CCCC2. The molecule has 0 unspecified atom stereocenters. The Morgan fingerprint density at radius 2 is 2.11 bits per heavy atom. The van der Waals surface area contributed by atoms with Crippen molar-refractivity contribution in [2.45, 2.75) is 25.7 Å². The van der Waals surface area contributed by atoms with Crippen LogP contribution >= 0.6 is 15.9 Å². The number of fused-ring (bicyclic) bond motifs is 1. The zero-order chi connectivity index (χ0) is 12.7. The third-order valence-corrected chi connectivity index (χ3v) is 4.12. The average molecular weight is 308 g/mol. The summed E-state index contributed by atoms with van der Waals surface area (Å²) >= 11 is 3.41. The number of rotatable bonds is 1. The zero-order valence-electron chi connectivity index (χ0n) is 9.83. The average Bonchev–Trinajstić information content (AvgIpc) is 2.77. The summed E-state index contributed by atoms with van der Waals surface area (Å²) in [4.78, 5) is 0. The molecule has 0 radical (unpaired) electrons. The Balaban J connectivity index is 2.30. The third kappa shape index (κ3) is 1.70. The van der Waals surface area contributed by atoms with Crippen LogP contribution in [-0.2, 0) is 12.8 Å². The standard InChI is InChI=1S/C13H14BrN3O/c14-10-5-7-3-1-2-4-8(7)11(12(10)18)9-6-16-17-13(9)15/h5-6,18H,1-4H2,(H3,15,16,17). The second-order valence-corrected chi connectivity index (χ2v) is 5.48. The summed E-state index contributed by atoms with van der Waals surface area (Å²) in [5, 5.41) is 17.0. The number of H-pyrrole nitrogens is 1. The number of aryl methyl sites for hydroxylation is 1. The first-order valence-electron chi connectivity index (χ1n) is 6.01. The summed E-state index contributed by atoms with van der Waals surface area (Å²) in [5.74, 6) is 0.750. The van der Waals surface area contributed by atoms with Crippen LogP contribution in [0.3, 0.4) is 0 Å². The summed E-state index contributed by atoms with van der Waals surface area (Å²) in [6.07, 6.45) is 6.06. The van der Waals surface area contributed by atoms with Gasteiger partial charge < -0.3 is 10.8 Å². The van der Waals surface area contributed by atoms with Crippen molar-refractivity contribution in [3.05, 3.63) is 27.9 Å². The van der Waals surface area contributed by atoms with Crippen LogP contribution < -0.4 is 5.73 Å². The molecule has 0 atom stereocenters. The first-order chi connectivity index (χ1) is 8.68. The Labute approximate surface area is 113 Å². The summed E-state index contributed by atoms with van der Waals surface area (Å²) in [6, 6.07) is 2.02. The van der Waals surface area contributed by atoms with E-state index in [0.717, 1.165) is 34.9 Å². The van der Waals surface area contributed by atoms with E-state index < -0.39 is 0 Å². The van der Waals surface area contributed by atoms with Gasteiger partial charge in [0, 0.05) is 11.1 Å². The van der Waals surface area contributed by atoms with E-state index in [4.69, 9.17) is 5.73 Å². The molecule has 0 saturated carbocycles. The van der Waals surface area contributed by atoms with Gasteiger partial charge in [0.25, 0.3) is 0 Å². The number of anilines is 1. The van der Waals surface area contributed by atoms with Crippen LogP contribution in [0.4, 0.5) is 5.82 Å². The predicted molar refractivity (Wildman–Crippen MR) is 74.4 cm³/mol. The molecule has 4 N–H and O–H groups in total. The van der Waals surface area contributed by atoms with E-state index in [9.17, 15) is 5.11 Å². The number of benzene rings is 1. The highest BCUT2D eigenvalue weighted by atomic mass is 79.9. The first kappa shape index (κ1) is 11.6. The fourth-order valence-corrected chi connectivity index (χ4v) is 3.12. The molecule has 0 spiro atoms. The fraction of sp³-hybridized carbons (Fsp3) is 0.308. The monoisotopic (exact) mass is 307 g/mol. The van der Waals surface area contributed by atoms with Crippen molar-refractivity contribution in [2.24, 2.45) is 0 Å². The van der Waals surface area contributed by atoms with Crippen molar-refractivity contribution >= 4 is 21.7 Å². The Bertz CT molecular complexity index is 607. The van der Waals surface area contributed by atoms with E-state index in [-0.39, 0.29) is 5.75 Å². The van der Waals surface area contributed by atoms with Gasteiger partial charge in [-0.2, -0.15) is 5.10 Å². The van der Waals surface area contributed by atoms with E-state index in [1.807, 2.05) is 6.07 Å². The third-order valence-electron chi connectivity index (χ3n) is 3.51. The largest absolute Gasteiger partial charge is 0.506 e. The van der Waals surface area contributed by atoms with E-state index in [1.54, 1.807) is 6.20 Å². The Hall–Kier alpha value is -1.49. The second kappa shape index (κ2) is 4.31. The van der Waals surface area contributed by atoms with Gasteiger partial charge >= 0.3 is 0 Å². The molecule has 1 aliphatic carbocycles. The summed E-state index contributed by atoms with van der Waals surface area (Å²) < 4.78 is 0.721. The molecule has 4 nitrogen and oxygen atoms in total. The van der Waals surface area contributed by atoms with Gasteiger partial charge in [-0.15, -0.1) is 0 Å². The molecule has 0 bridgehead atoms. The van der Waals surface area contributed by atoms with Gasteiger partial charge in [0.2, 0.25) is 0 Å². The number of aromatic hydroxyl groups is 1. The van der Waals surface area contributed by atoms with Crippen molar-refractivity contribution in [1.29, 1.82) is 0 Å². The maximum atomic E-state index is 10.3. The number of aromatic amines is 1. The molecule has 0 fully saturated rings. The van der Waals surface area contributed by atoms with E-state index >= 15 is 0 Å². The van der Waals surface area contributed by atoms with Gasteiger partial charge in [-0.25, -0.2) is 0 Å². The Kier molecular flexibility index (Phi) is 2.78. The molecule has 3 rings (SSSR count). The highest BCUT2D eigenvalue weighted by Gasteiger charge is 2.22. The molecular weight excluding hydrogens is 294 g/mol. The van der Waals surface area contributed by atoms with E-state index in [0.29, 0.717) is 5.82 Å². The van der Waals surface area contributed by atoms with Crippen LogP contribution in [0.5, 0.6) is 5.75 Å². The van der Waals surface area contributed by atoms with Crippen LogP contribution in [0.25, 0.3) is 11.1 Å². The van der Waals surface area contributed by atoms with E-state index in [2.05, 4.69) is 26.1 Å². The fourth-order valence-electron chi connectivity index (χ4n) is 2.64. The highest BCUT2D eigenvalue weighted by molar-refractivity contribution is 9.10. The summed E-state index contributed by atoms with van der Waals surface area (Å²) in [6.45, 7) is 0. The lowest BCUT2D eigenvalue weighted by molar-refractivity contribution is 0.472. The number of hydrogen-bond acceptors (Lipinski definition) is 3. The first-order valence-corrected chi connectivity index (χ1v) is 6.80. The quantitative estimate of drug-likeness (QED) is 0.758. The minimum absolute atomic E-state index is 0.253. The molecule has 1 aliphatic rings. The number of aromatic nitrogens is 2. The lowest BCUT2D eigenvalue weighted by atomic mass is 9.86. The maximum Gasteiger partial charge on any atom is 0.138 e. The molecule has 1 aromatic carbocycles. The molecular formula is C13H14BrN3O. The van der Waals surface area contributed by atoms with Crippen LogP contribution in [0.15, 0.2) is 16.7 Å². The molecule has 2 aromatic rings. The number of nitrogen functional groups attached to an aromatic ring is 1. The van der Waals surface area contributed by atoms with Crippen LogP contribution in [-0.4, -0.2) is 15.3 Å².